The Labute approximate surface area is 133 Å². The average molecular weight is 331 g/mol. The highest BCUT2D eigenvalue weighted by Crippen LogP contribution is 2.21. The van der Waals surface area contributed by atoms with Crippen molar-refractivity contribution in [1.82, 2.24) is 9.55 Å². The highest BCUT2D eigenvalue weighted by molar-refractivity contribution is 7.92. The summed E-state index contributed by atoms with van der Waals surface area (Å²) in [4.78, 5) is 4.01. The molecular weight excluding hydrogens is 317 g/mol. The predicted molar refractivity (Wildman–Crippen MR) is 85.5 cm³/mol. The number of nitrogens with zero attached hydrogens (tertiary/aromatic N) is 2. The van der Waals surface area contributed by atoms with Gasteiger partial charge in [0.2, 0.25) is 0 Å². The summed E-state index contributed by atoms with van der Waals surface area (Å²) in [6, 6.07) is 10.4. The van der Waals surface area contributed by atoms with E-state index in [1.165, 1.54) is 12.1 Å². The number of sulfonamides is 1. The molecule has 0 atom stereocenters. The summed E-state index contributed by atoms with van der Waals surface area (Å²) in [6.07, 6.45) is 5.11. The van der Waals surface area contributed by atoms with E-state index in [-0.39, 0.29) is 4.90 Å². The normalized spacial score (nSPS) is 11.4. The zero-order valence-corrected chi connectivity index (χ0v) is 13.1. The summed E-state index contributed by atoms with van der Waals surface area (Å²) < 4.78 is 42.2. The molecule has 1 aromatic heterocycles. The van der Waals surface area contributed by atoms with Crippen molar-refractivity contribution in [2.45, 2.75) is 11.8 Å². The number of hydrogen-bond acceptors (Lipinski definition) is 3. The Morgan fingerprint density at radius 3 is 2.48 bits per heavy atom. The SMILES string of the molecule is Cc1cc(F)ccc1S(=O)(=O)Nc1ccc(-n2ccnc2)cc1. The van der Waals surface area contributed by atoms with Crippen LogP contribution in [0.4, 0.5) is 10.1 Å². The molecule has 0 amide bonds. The van der Waals surface area contributed by atoms with E-state index in [0.717, 1.165) is 11.8 Å². The van der Waals surface area contributed by atoms with Crippen LogP contribution in [0, 0.1) is 12.7 Å². The molecule has 0 aliphatic rings. The van der Waals surface area contributed by atoms with Crippen LogP contribution in [0.1, 0.15) is 5.56 Å². The van der Waals surface area contributed by atoms with Crippen LogP contribution < -0.4 is 4.72 Å². The molecule has 0 saturated carbocycles. The van der Waals surface area contributed by atoms with Gasteiger partial charge in [-0.2, -0.15) is 0 Å². The number of benzene rings is 2. The molecule has 118 valence electrons. The smallest absolute Gasteiger partial charge is 0.262 e. The highest BCUT2D eigenvalue weighted by atomic mass is 32.2. The third-order valence-electron chi connectivity index (χ3n) is 3.35. The van der Waals surface area contributed by atoms with E-state index in [4.69, 9.17) is 0 Å². The van der Waals surface area contributed by atoms with Crippen molar-refractivity contribution in [3.05, 3.63) is 72.6 Å². The van der Waals surface area contributed by atoms with Crippen LogP contribution in [-0.4, -0.2) is 18.0 Å². The van der Waals surface area contributed by atoms with Crippen LogP contribution in [0.3, 0.4) is 0 Å². The Morgan fingerprint density at radius 1 is 1.13 bits per heavy atom. The van der Waals surface area contributed by atoms with Crippen molar-refractivity contribution >= 4 is 15.7 Å². The van der Waals surface area contributed by atoms with Crippen LogP contribution in [0.5, 0.6) is 0 Å². The zero-order chi connectivity index (χ0) is 16.4. The van der Waals surface area contributed by atoms with Crippen LogP contribution in [0.15, 0.2) is 66.1 Å². The Hall–Kier alpha value is -2.67. The minimum Gasteiger partial charge on any atom is -0.306 e. The summed E-state index contributed by atoms with van der Waals surface area (Å²) in [6.45, 7) is 1.56. The van der Waals surface area contributed by atoms with Gasteiger partial charge in [-0.3, -0.25) is 4.72 Å². The average Bonchev–Trinajstić information content (AvgIpc) is 3.01. The first-order valence-electron chi connectivity index (χ1n) is 6.83. The number of imidazole rings is 1. The third-order valence-corrected chi connectivity index (χ3v) is 4.89. The number of rotatable bonds is 4. The van der Waals surface area contributed by atoms with Crippen molar-refractivity contribution < 1.29 is 12.8 Å². The quantitative estimate of drug-likeness (QED) is 0.799. The molecule has 0 bridgehead atoms. The van der Waals surface area contributed by atoms with Gasteiger partial charge in [-0.05, 0) is 55.0 Å². The molecule has 7 heteroatoms. The first-order chi connectivity index (χ1) is 11.0. The van der Waals surface area contributed by atoms with Gasteiger partial charge in [0, 0.05) is 23.8 Å². The second-order valence-corrected chi connectivity index (χ2v) is 6.68. The molecule has 2 aromatic carbocycles. The van der Waals surface area contributed by atoms with E-state index in [1.54, 1.807) is 49.9 Å². The molecular formula is C16H14FN3O2S. The monoisotopic (exact) mass is 331 g/mol. The van der Waals surface area contributed by atoms with Crippen LogP contribution in [0.2, 0.25) is 0 Å². The fourth-order valence-corrected chi connectivity index (χ4v) is 3.52. The molecule has 0 aliphatic carbocycles. The predicted octanol–water partition coefficient (Wildman–Crippen LogP) is 3.12. The fraction of sp³-hybridized carbons (Fsp3) is 0.0625. The molecule has 0 radical (unpaired) electrons. The molecule has 3 rings (SSSR count). The van der Waals surface area contributed by atoms with Crippen molar-refractivity contribution in [3.63, 3.8) is 0 Å². The van der Waals surface area contributed by atoms with Gasteiger partial charge in [0.15, 0.2) is 0 Å². The summed E-state index contributed by atoms with van der Waals surface area (Å²) >= 11 is 0. The molecule has 1 N–H and O–H groups in total. The van der Waals surface area contributed by atoms with Gasteiger partial charge in [0.25, 0.3) is 10.0 Å². The molecule has 5 nitrogen and oxygen atoms in total. The second kappa shape index (κ2) is 5.85. The molecule has 0 spiro atoms. The van der Waals surface area contributed by atoms with Crippen LogP contribution in [0.25, 0.3) is 5.69 Å². The molecule has 0 unspecified atom stereocenters. The van der Waals surface area contributed by atoms with Crippen molar-refractivity contribution in [1.29, 1.82) is 0 Å². The van der Waals surface area contributed by atoms with Crippen molar-refractivity contribution in [3.8, 4) is 5.69 Å². The van der Waals surface area contributed by atoms with Gasteiger partial charge in [0.1, 0.15) is 5.82 Å². The van der Waals surface area contributed by atoms with E-state index >= 15 is 0 Å². The number of halogens is 1. The van der Waals surface area contributed by atoms with E-state index in [0.29, 0.717) is 11.3 Å². The van der Waals surface area contributed by atoms with Crippen LogP contribution >= 0.6 is 0 Å². The lowest BCUT2D eigenvalue weighted by Gasteiger charge is -2.11. The number of anilines is 1. The Kier molecular flexibility index (Phi) is 3.87. The molecule has 0 fully saturated rings. The van der Waals surface area contributed by atoms with Crippen molar-refractivity contribution in [2.75, 3.05) is 4.72 Å². The second-order valence-electron chi connectivity index (χ2n) is 5.03. The van der Waals surface area contributed by atoms with E-state index < -0.39 is 15.8 Å². The molecule has 1 heterocycles. The maximum Gasteiger partial charge on any atom is 0.262 e. The van der Waals surface area contributed by atoms with Gasteiger partial charge < -0.3 is 4.57 Å². The summed E-state index contributed by atoms with van der Waals surface area (Å²) in [5.41, 5.74) is 1.65. The van der Waals surface area contributed by atoms with Gasteiger partial charge in [-0.1, -0.05) is 0 Å². The summed E-state index contributed by atoms with van der Waals surface area (Å²) in [5, 5.41) is 0. The largest absolute Gasteiger partial charge is 0.306 e. The number of aryl methyl sites for hydroxylation is 1. The lowest BCUT2D eigenvalue weighted by molar-refractivity contribution is 0.598. The third kappa shape index (κ3) is 3.24. The summed E-state index contributed by atoms with van der Waals surface area (Å²) in [7, 11) is -3.76. The minimum absolute atomic E-state index is 0.0533. The fourth-order valence-electron chi connectivity index (χ4n) is 2.24. The lowest BCUT2D eigenvalue weighted by Crippen LogP contribution is -2.14. The van der Waals surface area contributed by atoms with Gasteiger partial charge in [-0.15, -0.1) is 0 Å². The highest BCUT2D eigenvalue weighted by Gasteiger charge is 2.17. The van der Waals surface area contributed by atoms with Gasteiger partial charge in [0.05, 0.1) is 11.2 Å². The first kappa shape index (κ1) is 15.2. The van der Waals surface area contributed by atoms with Crippen molar-refractivity contribution in [2.24, 2.45) is 0 Å². The van der Waals surface area contributed by atoms with E-state index in [2.05, 4.69) is 9.71 Å². The maximum absolute atomic E-state index is 13.1. The topological polar surface area (TPSA) is 64.0 Å². The van der Waals surface area contributed by atoms with Crippen LogP contribution in [-0.2, 0) is 10.0 Å². The van der Waals surface area contributed by atoms with E-state index in [1.807, 2.05) is 4.57 Å². The van der Waals surface area contributed by atoms with E-state index in [9.17, 15) is 12.8 Å². The number of hydrogen-bond donors (Lipinski definition) is 1. The standard InChI is InChI=1S/C16H14FN3O2S/c1-12-10-13(17)2-7-16(12)23(21,22)19-14-3-5-15(6-4-14)20-9-8-18-11-20/h2-11,19H,1H3. The summed E-state index contributed by atoms with van der Waals surface area (Å²) in [5.74, 6) is -0.467. The molecule has 3 aromatic rings. The molecule has 23 heavy (non-hydrogen) atoms. The maximum atomic E-state index is 13.1. The first-order valence-corrected chi connectivity index (χ1v) is 8.31. The Morgan fingerprint density at radius 2 is 1.87 bits per heavy atom. The van der Waals surface area contributed by atoms with Gasteiger partial charge >= 0.3 is 0 Å². The number of nitrogens with one attached hydrogen (secondary N) is 1. The number of aromatic nitrogens is 2. The molecule has 0 saturated heterocycles. The molecule has 0 aliphatic heterocycles. The van der Waals surface area contributed by atoms with Gasteiger partial charge in [-0.25, -0.2) is 17.8 Å². The Bertz CT molecular complexity index is 920. The lowest BCUT2D eigenvalue weighted by atomic mass is 10.2. The Balaban J connectivity index is 1.86. The minimum atomic E-state index is -3.76. The zero-order valence-electron chi connectivity index (χ0n) is 12.3.